The van der Waals surface area contributed by atoms with E-state index in [0.717, 1.165) is 16.9 Å². The Morgan fingerprint density at radius 1 is 1.29 bits per heavy atom. The minimum Gasteiger partial charge on any atom is -0.399 e. The Hall–Kier alpha value is -2.56. The SMILES string of the molecule is CCN(Cc1cccc(N)c1)c1nc(C)ccc1C(N)=O. The number of hydrogen-bond acceptors (Lipinski definition) is 4. The van der Waals surface area contributed by atoms with Crippen molar-refractivity contribution in [1.29, 1.82) is 0 Å². The number of pyridine rings is 1. The second-order valence-corrected chi connectivity index (χ2v) is 4.95. The predicted molar refractivity (Wildman–Crippen MR) is 85.1 cm³/mol. The van der Waals surface area contributed by atoms with Gasteiger partial charge in [-0.15, -0.1) is 0 Å². The first-order chi connectivity index (χ1) is 10.0. The highest BCUT2D eigenvalue weighted by molar-refractivity contribution is 5.97. The summed E-state index contributed by atoms with van der Waals surface area (Å²) in [6, 6.07) is 11.2. The van der Waals surface area contributed by atoms with Crippen LogP contribution < -0.4 is 16.4 Å². The maximum absolute atomic E-state index is 11.6. The van der Waals surface area contributed by atoms with Gasteiger partial charge in [0.05, 0.1) is 5.56 Å². The number of carbonyl (C=O) groups excluding carboxylic acids is 1. The number of rotatable bonds is 5. The third kappa shape index (κ3) is 3.51. The van der Waals surface area contributed by atoms with Gasteiger partial charge in [-0.25, -0.2) is 4.98 Å². The monoisotopic (exact) mass is 284 g/mol. The Labute approximate surface area is 124 Å². The lowest BCUT2D eigenvalue weighted by atomic mass is 10.1. The molecule has 1 aromatic heterocycles. The fourth-order valence-corrected chi connectivity index (χ4v) is 2.22. The molecule has 0 spiro atoms. The molecular formula is C16H20N4O. The van der Waals surface area contributed by atoms with Gasteiger partial charge < -0.3 is 16.4 Å². The number of nitrogen functional groups attached to an aromatic ring is 1. The quantitative estimate of drug-likeness (QED) is 0.823. The molecule has 0 unspecified atom stereocenters. The number of amides is 1. The van der Waals surface area contributed by atoms with Gasteiger partial charge in [0.2, 0.25) is 0 Å². The smallest absolute Gasteiger partial charge is 0.252 e. The Kier molecular flexibility index (Phi) is 4.42. The third-order valence-corrected chi connectivity index (χ3v) is 3.29. The Morgan fingerprint density at radius 2 is 2.05 bits per heavy atom. The Morgan fingerprint density at radius 3 is 2.67 bits per heavy atom. The highest BCUT2D eigenvalue weighted by Crippen LogP contribution is 2.21. The van der Waals surface area contributed by atoms with Crippen LogP contribution in [0, 0.1) is 6.92 Å². The lowest BCUT2D eigenvalue weighted by Crippen LogP contribution is -2.27. The number of anilines is 2. The number of nitrogens with two attached hydrogens (primary N) is 2. The summed E-state index contributed by atoms with van der Waals surface area (Å²) in [6.07, 6.45) is 0. The van der Waals surface area contributed by atoms with E-state index < -0.39 is 5.91 Å². The Balaban J connectivity index is 2.37. The van der Waals surface area contributed by atoms with Gasteiger partial charge in [0.15, 0.2) is 0 Å². The van der Waals surface area contributed by atoms with Gasteiger partial charge in [0.1, 0.15) is 5.82 Å². The number of aryl methyl sites for hydroxylation is 1. The van der Waals surface area contributed by atoms with Crippen molar-refractivity contribution < 1.29 is 4.79 Å². The zero-order valence-electron chi connectivity index (χ0n) is 12.3. The summed E-state index contributed by atoms with van der Waals surface area (Å²) in [5, 5.41) is 0. The zero-order valence-corrected chi connectivity index (χ0v) is 12.3. The van der Waals surface area contributed by atoms with Crippen molar-refractivity contribution in [1.82, 2.24) is 4.98 Å². The second-order valence-electron chi connectivity index (χ2n) is 4.95. The van der Waals surface area contributed by atoms with E-state index in [1.165, 1.54) is 0 Å². The van der Waals surface area contributed by atoms with Gasteiger partial charge in [-0.2, -0.15) is 0 Å². The average molecular weight is 284 g/mol. The van der Waals surface area contributed by atoms with Crippen LogP contribution in [0.1, 0.15) is 28.5 Å². The summed E-state index contributed by atoms with van der Waals surface area (Å²) in [4.78, 5) is 18.1. The lowest BCUT2D eigenvalue weighted by molar-refractivity contribution is 0.100. The summed E-state index contributed by atoms with van der Waals surface area (Å²) < 4.78 is 0. The molecule has 0 aliphatic carbocycles. The molecule has 4 N–H and O–H groups in total. The van der Waals surface area contributed by atoms with Crippen molar-refractivity contribution >= 4 is 17.4 Å². The molecule has 0 radical (unpaired) electrons. The largest absolute Gasteiger partial charge is 0.399 e. The number of hydrogen-bond donors (Lipinski definition) is 2. The van der Waals surface area contributed by atoms with E-state index in [0.29, 0.717) is 24.5 Å². The Bertz CT molecular complexity index is 654. The van der Waals surface area contributed by atoms with Gasteiger partial charge in [0.25, 0.3) is 5.91 Å². The summed E-state index contributed by atoms with van der Waals surface area (Å²) in [5.41, 5.74) is 14.3. The van der Waals surface area contributed by atoms with Gasteiger partial charge in [-0.05, 0) is 43.7 Å². The van der Waals surface area contributed by atoms with Crippen LogP contribution in [-0.4, -0.2) is 17.4 Å². The van der Waals surface area contributed by atoms with Gasteiger partial charge in [-0.3, -0.25) is 4.79 Å². The van der Waals surface area contributed by atoms with E-state index in [9.17, 15) is 4.79 Å². The average Bonchev–Trinajstić information content (AvgIpc) is 2.44. The summed E-state index contributed by atoms with van der Waals surface area (Å²) in [6.45, 7) is 5.24. The first kappa shape index (κ1) is 14.8. The van der Waals surface area contributed by atoms with E-state index in [1.54, 1.807) is 12.1 Å². The molecule has 2 aromatic rings. The van der Waals surface area contributed by atoms with Crippen LogP contribution in [0.2, 0.25) is 0 Å². The van der Waals surface area contributed by atoms with Crippen LogP contribution in [0.3, 0.4) is 0 Å². The molecule has 1 amide bonds. The molecule has 0 aliphatic rings. The van der Waals surface area contributed by atoms with Crippen LogP contribution >= 0.6 is 0 Å². The molecule has 0 atom stereocenters. The van der Waals surface area contributed by atoms with E-state index in [1.807, 2.05) is 43.0 Å². The van der Waals surface area contributed by atoms with Gasteiger partial charge in [0, 0.05) is 24.5 Å². The van der Waals surface area contributed by atoms with E-state index in [-0.39, 0.29) is 0 Å². The molecule has 5 heteroatoms. The van der Waals surface area contributed by atoms with Crippen molar-refractivity contribution in [2.45, 2.75) is 20.4 Å². The number of benzene rings is 1. The van der Waals surface area contributed by atoms with Gasteiger partial charge in [-0.1, -0.05) is 12.1 Å². The van der Waals surface area contributed by atoms with E-state index in [4.69, 9.17) is 11.5 Å². The van der Waals surface area contributed by atoms with Crippen LogP contribution in [0.5, 0.6) is 0 Å². The third-order valence-electron chi connectivity index (χ3n) is 3.29. The van der Waals surface area contributed by atoms with Crippen molar-refractivity contribution in [3.63, 3.8) is 0 Å². The number of nitrogens with zero attached hydrogens (tertiary/aromatic N) is 2. The lowest BCUT2D eigenvalue weighted by Gasteiger charge is -2.24. The zero-order chi connectivity index (χ0) is 15.4. The number of carbonyl (C=O) groups is 1. The molecule has 1 aromatic carbocycles. The molecule has 110 valence electrons. The minimum absolute atomic E-state index is 0.436. The number of primary amides is 1. The molecule has 0 saturated carbocycles. The van der Waals surface area contributed by atoms with Crippen molar-refractivity contribution in [2.75, 3.05) is 17.2 Å². The van der Waals surface area contributed by atoms with Crippen LogP contribution in [0.15, 0.2) is 36.4 Å². The molecule has 0 bridgehead atoms. The topological polar surface area (TPSA) is 85.2 Å². The summed E-state index contributed by atoms with van der Waals surface area (Å²) in [5.74, 6) is 0.149. The second kappa shape index (κ2) is 6.26. The highest BCUT2D eigenvalue weighted by Gasteiger charge is 2.16. The maximum Gasteiger partial charge on any atom is 0.252 e. The molecule has 21 heavy (non-hydrogen) atoms. The maximum atomic E-state index is 11.6. The fourth-order valence-electron chi connectivity index (χ4n) is 2.22. The molecule has 5 nitrogen and oxygen atoms in total. The van der Waals surface area contributed by atoms with Crippen molar-refractivity contribution in [2.24, 2.45) is 5.73 Å². The summed E-state index contributed by atoms with van der Waals surface area (Å²) in [7, 11) is 0. The normalized spacial score (nSPS) is 10.4. The van der Waals surface area contributed by atoms with Crippen molar-refractivity contribution in [3.8, 4) is 0 Å². The predicted octanol–water partition coefficient (Wildman–Crippen LogP) is 2.10. The first-order valence-corrected chi connectivity index (χ1v) is 6.88. The van der Waals surface area contributed by atoms with Crippen LogP contribution in [0.4, 0.5) is 11.5 Å². The molecule has 2 rings (SSSR count). The number of aromatic nitrogens is 1. The standard InChI is InChI=1S/C16H20N4O/c1-3-20(10-12-5-4-6-13(17)9-12)16-14(15(18)21)8-7-11(2)19-16/h4-9H,3,10,17H2,1-2H3,(H2,18,21). The minimum atomic E-state index is -0.469. The summed E-state index contributed by atoms with van der Waals surface area (Å²) >= 11 is 0. The molecule has 0 saturated heterocycles. The van der Waals surface area contributed by atoms with E-state index in [2.05, 4.69) is 4.98 Å². The van der Waals surface area contributed by atoms with Gasteiger partial charge >= 0.3 is 0 Å². The van der Waals surface area contributed by atoms with Crippen LogP contribution in [0.25, 0.3) is 0 Å². The molecular weight excluding hydrogens is 264 g/mol. The van der Waals surface area contributed by atoms with Crippen LogP contribution in [-0.2, 0) is 6.54 Å². The molecule has 0 aliphatic heterocycles. The molecule has 1 heterocycles. The van der Waals surface area contributed by atoms with Crippen molar-refractivity contribution in [3.05, 3.63) is 53.2 Å². The van der Waals surface area contributed by atoms with E-state index >= 15 is 0 Å². The molecule has 0 fully saturated rings. The fraction of sp³-hybridized carbons (Fsp3) is 0.250. The highest BCUT2D eigenvalue weighted by atomic mass is 16.1. The first-order valence-electron chi connectivity index (χ1n) is 6.88.